The van der Waals surface area contributed by atoms with Crippen molar-refractivity contribution in [2.24, 2.45) is 0 Å². The van der Waals surface area contributed by atoms with Crippen molar-refractivity contribution in [1.82, 2.24) is 10.9 Å². The van der Waals surface area contributed by atoms with Crippen LogP contribution in [0.1, 0.15) is 11.1 Å². The van der Waals surface area contributed by atoms with E-state index in [-0.39, 0.29) is 18.9 Å². The fraction of sp³-hybridized carbons (Fsp3) is 0.222. The lowest BCUT2D eigenvalue weighted by Gasteiger charge is -2.11. The number of methoxy groups -OCH3 is 1. The van der Waals surface area contributed by atoms with Crippen LogP contribution in [0.2, 0.25) is 5.02 Å². The molecule has 0 radical (unpaired) electrons. The van der Waals surface area contributed by atoms with Crippen LogP contribution >= 0.6 is 11.6 Å². The van der Waals surface area contributed by atoms with Gasteiger partial charge in [-0.3, -0.25) is 20.4 Å². The van der Waals surface area contributed by atoms with Crippen molar-refractivity contribution < 1.29 is 19.1 Å². The topological polar surface area (TPSA) is 76.7 Å². The highest BCUT2D eigenvalue weighted by atomic mass is 35.5. The van der Waals surface area contributed by atoms with Crippen molar-refractivity contribution in [3.8, 4) is 11.5 Å². The molecule has 2 rings (SSSR count). The number of benzene rings is 2. The van der Waals surface area contributed by atoms with E-state index in [1.54, 1.807) is 37.4 Å². The third kappa shape index (κ3) is 5.69. The molecule has 0 spiro atoms. The van der Waals surface area contributed by atoms with Crippen molar-refractivity contribution in [3.63, 3.8) is 0 Å². The monoisotopic (exact) mass is 362 g/mol. The van der Waals surface area contributed by atoms with Crippen LogP contribution in [0.5, 0.6) is 11.5 Å². The molecule has 2 amide bonds. The van der Waals surface area contributed by atoms with Crippen LogP contribution in [0.25, 0.3) is 0 Å². The molecular formula is C18H19ClN2O4. The normalized spacial score (nSPS) is 10.0. The quantitative estimate of drug-likeness (QED) is 0.774. The highest BCUT2D eigenvalue weighted by molar-refractivity contribution is 6.32. The van der Waals surface area contributed by atoms with Crippen LogP contribution in [0.3, 0.4) is 0 Å². The van der Waals surface area contributed by atoms with Crippen LogP contribution in [-0.2, 0) is 16.0 Å². The summed E-state index contributed by atoms with van der Waals surface area (Å²) in [4.78, 5) is 23.7. The molecule has 0 bridgehead atoms. The standard InChI is InChI=1S/C18H19ClN2O4/c1-12-7-8-15(24-2)13(9-12)10-17(22)20-21-18(23)11-25-16-6-4-3-5-14(16)19/h3-9H,10-11H2,1-2H3,(H,20,22)(H,21,23). The largest absolute Gasteiger partial charge is 0.496 e. The smallest absolute Gasteiger partial charge is 0.276 e. The van der Waals surface area contributed by atoms with Crippen molar-refractivity contribution in [2.75, 3.05) is 13.7 Å². The van der Waals surface area contributed by atoms with Crippen LogP contribution in [0.4, 0.5) is 0 Å². The van der Waals surface area contributed by atoms with Gasteiger partial charge in [-0.2, -0.15) is 0 Å². The highest BCUT2D eigenvalue weighted by Crippen LogP contribution is 2.22. The summed E-state index contributed by atoms with van der Waals surface area (Å²) in [5, 5.41) is 0.408. The van der Waals surface area contributed by atoms with Gasteiger partial charge in [-0.1, -0.05) is 41.4 Å². The molecule has 2 aromatic carbocycles. The number of carbonyl (C=O) groups is 2. The van der Waals surface area contributed by atoms with Gasteiger partial charge in [-0.15, -0.1) is 0 Å². The number of hydrazine groups is 1. The fourth-order valence-electron chi connectivity index (χ4n) is 2.14. The molecule has 0 aliphatic carbocycles. The van der Waals surface area contributed by atoms with Crippen molar-refractivity contribution in [2.45, 2.75) is 13.3 Å². The molecule has 0 saturated carbocycles. The zero-order valence-electron chi connectivity index (χ0n) is 14.0. The lowest BCUT2D eigenvalue weighted by molar-refractivity contribution is -0.129. The third-order valence-electron chi connectivity index (χ3n) is 3.32. The Morgan fingerprint density at radius 1 is 1.04 bits per heavy atom. The molecule has 0 aliphatic rings. The van der Waals surface area contributed by atoms with Gasteiger partial charge in [0.05, 0.1) is 18.6 Å². The molecule has 0 aromatic heterocycles. The van der Waals surface area contributed by atoms with Gasteiger partial charge in [0, 0.05) is 5.56 Å². The Hall–Kier alpha value is -2.73. The zero-order valence-corrected chi connectivity index (χ0v) is 14.7. The summed E-state index contributed by atoms with van der Waals surface area (Å²) in [6, 6.07) is 12.4. The highest BCUT2D eigenvalue weighted by Gasteiger charge is 2.11. The van der Waals surface area contributed by atoms with E-state index in [1.165, 1.54) is 0 Å². The van der Waals surface area contributed by atoms with Gasteiger partial charge in [0.25, 0.3) is 5.91 Å². The summed E-state index contributed by atoms with van der Waals surface area (Å²) in [5.41, 5.74) is 6.39. The molecule has 0 saturated heterocycles. The second-order valence-electron chi connectivity index (χ2n) is 5.31. The molecule has 0 heterocycles. The van der Waals surface area contributed by atoms with Gasteiger partial charge in [-0.25, -0.2) is 0 Å². The Bertz CT molecular complexity index is 764. The summed E-state index contributed by atoms with van der Waals surface area (Å²) < 4.78 is 10.5. The fourth-order valence-corrected chi connectivity index (χ4v) is 2.33. The summed E-state index contributed by atoms with van der Waals surface area (Å²) in [6.07, 6.45) is 0.0799. The number of carbonyl (C=O) groups excluding carboxylic acids is 2. The molecular weight excluding hydrogens is 344 g/mol. The van der Waals surface area contributed by atoms with Gasteiger partial charge in [0.1, 0.15) is 11.5 Å². The maximum absolute atomic E-state index is 12.0. The van der Waals surface area contributed by atoms with Gasteiger partial charge < -0.3 is 9.47 Å². The minimum Gasteiger partial charge on any atom is -0.496 e. The summed E-state index contributed by atoms with van der Waals surface area (Å²) in [5.74, 6) is 0.156. The molecule has 0 unspecified atom stereocenters. The SMILES string of the molecule is COc1ccc(C)cc1CC(=O)NNC(=O)COc1ccccc1Cl. The van der Waals surface area contributed by atoms with E-state index in [1.807, 2.05) is 19.1 Å². The van der Waals surface area contributed by atoms with E-state index in [4.69, 9.17) is 21.1 Å². The average molecular weight is 363 g/mol. The predicted octanol–water partition coefficient (Wildman–Crippen LogP) is 2.43. The van der Waals surface area contributed by atoms with Crippen molar-refractivity contribution in [1.29, 1.82) is 0 Å². The first kappa shape index (κ1) is 18.6. The molecule has 2 aromatic rings. The molecule has 0 aliphatic heterocycles. The number of hydrogen-bond acceptors (Lipinski definition) is 4. The molecule has 7 heteroatoms. The molecule has 0 atom stereocenters. The second-order valence-corrected chi connectivity index (χ2v) is 5.71. The van der Waals surface area contributed by atoms with Gasteiger partial charge in [-0.05, 0) is 25.1 Å². The van der Waals surface area contributed by atoms with Crippen LogP contribution in [0, 0.1) is 6.92 Å². The Morgan fingerprint density at radius 2 is 1.76 bits per heavy atom. The number of rotatable bonds is 6. The maximum Gasteiger partial charge on any atom is 0.276 e. The lowest BCUT2D eigenvalue weighted by atomic mass is 10.1. The summed E-state index contributed by atoms with van der Waals surface area (Å²) >= 11 is 5.93. The molecule has 2 N–H and O–H groups in total. The second kappa shape index (κ2) is 8.94. The Balaban J connectivity index is 1.81. The van der Waals surface area contributed by atoms with Gasteiger partial charge in [0.2, 0.25) is 5.91 Å². The number of nitrogens with one attached hydrogen (secondary N) is 2. The first-order chi connectivity index (χ1) is 12.0. The average Bonchev–Trinajstić information content (AvgIpc) is 2.59. The van der Waals surface area contributed by atoms with Crippen molar-refractivity contribution >= 4 is 23.4 Å². The number of halogens is 1. The lowest BCUT2D eigenvalue weighted by Crippen LogP contribution is -2.44. The van der Waals surface area contributed by atoms with Gasteiger partial charge >= 0.3 is 0 Å². The van der Waals surface area contributed by atoms with E-state index in [2.05, 4.69) is 10.9 Å². The number of hydrogen-bond donors (Lipinski definition) is 2. The summed E-state index contributed by atoms with van der Waals surface area (Å²) in [6.45, 7) is 1.66. The predicted molar refractivity (Wildman–Crippen MR) is 94.7 cm³/mol. The first-order valence-corrected chi connectivity index (χ1v) is 7.96. The minimum atomic E-state index is -0.496. The first-order valence-electron chi connectivity index (χ1n) is 7.58. The Kier molecular flexibility index (Phi) is 6.65. The molecule has 6 nitrogen and oxygen atoms in total. The zero-order chi connectivity index (χ0) is 18.2. The van der Waals surface area contributed by atoms with Crippen LogP contribution in [-0.4, -0.2) is 25.5 Å². The van der Waals surface area contributed by atoms with E-state index in [9.17, 15) is 9.59 Å². The third-order valence-corrected chi connectivity index (χ3v) is 3.64. The molecule has 0 fully saturated rings. The molecule has 132 valence electrons. The van der Waals surface area contributed by atoms with Crippen LogP contribution < -0.4 is 20.3 Å². The Labute approximate surface area is 151 Å². The number of ether oxygens (including phenoxy) is 2. The van der Waals surface area contributed by atoms with E-state index < -0.39 is 5.91 Å². The Morgan fingerprint density at radius 3 is 2.48 bits per heavy atom. The van der Waals surface area contributed by atoms with Crippen molar-refractivity contribution in [3.05, 3.63) is 58.6 Å². The van der Waals surface area contributed by atoms with Gasteiger partial charge in [0.15, 0.2) is 6.61 Å². The van der Waals surface area contributed by atoms with E-state index in [0.717, 1.165) is 11.1 Å². The summed E-state index contributed by atoms with van der Waals surface area (Å²) in [7, 11) is 1.54. The van der Waals surface area contributed by atoms with E-state index in [0.29, 0.717) is 16.5 Å². The maximum atomic E-state index is 12.0. The molecule has 25 heavy (non-hydrogen) atoms. The minimum absolute atomic E-state index is 0.0799. The van der Waals surface area contributed by atoms with Crippen LogP contribution in [0.15, 0.2) is 42.5 Å². The number of aryl methyl sites for hydroxylation is 1. The number of amides is 2. The van der Waals surface area contributed by atoms with E-state index >= 15 is 0 Å². The number of para-hydroxylation sites is 1.